The monoisotopic (exact) mass is 255 g/mol. The Labute approximate surface area is 104 Å². The lowest BCUT2D eigenvalue weighted by Crippen LogP contribution is -2.43. The van der Waals surface area contributed by atoms with Gasteiger partial charge >= 0.3 is 5.88 Å². The third-order valence-corrected chi connectivity index (χ3v) is 1.79. The van der Waals surface area contributed by atoms with Crippen LogP contribution in [0.1, 0.15) is 5.76 Å². The zero-order valence-corrected chi connectivity index (χ0v) is 10.4. The lowest BCUT2D eigenvalue weighted by molar-refractivity contribution is -0.862. The highest BCUT2D eigenvalue weighted by Gasteiger charge is 2.13. The molecule has 98 valence electrons. The zero-order chi connectivity index (χ0) is 13.8. The highest BCUT2D eigenvalue weighted by atomic mass is 16.6. The van der Waals surface area contributed by atoms with Crippen LogP contribution in [0.4, 0.5) is 5.88 Å². The molecule has 0 aliphatic carbocycles. The molecule has 0 spiro atoms. The van der Waals surface area contributed by atoms with Gasteiger partial charge < -0.3 is 8.90 Å². The second-order valence-electron chi connectivity index (χ2n) is 4.67. The lowest BCUT2D eigenvalue weighted by Gasteiger charge is -2.21. The van der Waals surface area contributed by atoms with Crippen LogP contribution in [-0.2, 0) is 4.79 Å². The molecular formula is C10H15N4O4+. The van der Waals surface area contributed by atoms with Gasteiger partial charge in [0.1, 0.15) is 4.92 Å². The fourth-order valence-electron chi connectivity index (χ4n) is 1.14. The first kappa shape index (κ1) is 13.8. The van der Waals surface area contributed by atoms with Crippen molar-refractivity contribution in [2.24, 2.45) is 5.10 Å². The van der Waals surface area contributed by atoms with Crippen LogP contribution in [0.15, 0.2) is 21.7 Å². The summed E-state index contributed by atoms with van der Waals surface area (Å²) in [6.45, 7) is 0.273. The quantitative estimate of drug-likeness (QED) is 0.355. The molecule has 1 aromatic rings. The van der Waals surface area contributed by atoms with Gasteiger partial charge in [-0.15, -0.1) is 0 Å². The summed E-state index contributed by atoms with van der Waals surface area (Å²) in [7, 11) is 5.62. The number of nitrogens with one attached hydrogen (secondary N) is 1. The number of hydrogen-bond acceptors (Lipinski definition) is 5. The standard InChI is InChI=1S/C10H14N4O4/c1-14(2,3)7-9(15)12-11-6-8-4-5-10(18-8)13(16)17/h4-6H,7H2,1-3H3/p+1. The van der Waals surface area contributed by atoms with E-state index in [1.807, 2.05) is 21.1 Å². The molecule has 1 aromatic heterocycles. The summed E-state index contributed by atoms with van der Waals surface area (Å²) in [4.78, 5) is 21.1. The van der Waals surface area contributed by atoms with Crippen molar-refractivity contribution in [3.63, 3.8) is 0 Å². The predicted octanol–water partition coefficient (Wildman–Crippen LogP) is 0.344. The van der Waals surface area contributed by atoms with E-state index in [1.54, 1.807) is 0 Å². The van der Waals surface area contributed by atoms with Crippen LogP contribution in [0.3, 0.4) is 0 Å². The van der Waals surface area contributed by atoms with Gasteiger partial charge in [-0.25, -0.2) is 5.43 Å². The van der Waals surface area contributed by atoms with E-state index in [-0.39, 0.29) is 24.1 Å². The van der Waals surface area contributed by atoms with Crippen molar-refractivity contribution in [1.82, 2.24) is 5.43 Å². The lowest BCUT2D eigenvalue weighted by atomic mass is 10.5. The Balaban J connectivity index is 2.49. The Morgan fingerprint density at radius 3 is 2.72 bits per heavy atom. The van der Waals surface area contributed by atoms with Crippen molar-refractivity contribution in [1.29, 1.82) is 0 Å². The molecule has 0 aliphatic rings. The van der Waals surface area contributed by atoms with Crippen molar-refractivity contribution in [2.45, 2.75) is 0 Å². The number of nitro groups is 1. The van der Waals surface area contributed by atoms with E-state index in [0.29, 0.717) is 4.48 Å². The maximum atomic E-state index is 11.4. The van der Waals surface area contributed by atoms with Crippen molar-refractivity contribution in [3.05, 3.63) is 28.0 Å². The highest BCUT2D eigenvalue weighted by Crippen LogP contribution is 2.13. The Morgan fingerprint density at radius 1 is 1.56 bits per heavy atom. The summed E-state index contributed by atoms with van der Waals surface area (Å²) in [6.07, 6.45) is 1.21. The first-order chi connectivity index (χ1) is 8.28. The van der Waals surface area contributed by atoms with E-state index < -0.39 is 4.92 Å². The van der Waals surface area contributed by atoms with Crippen LogP contribution >= 0.6 is 0 Å². The minimum atomic E-state index is -0.646. The number of carbonyl (C=O) groups is 1. The third-order valence-electron chi connectivity index (χ3n) is 1.79. The summed E-state index contributed by atoms with van der Waals surface area (Å²) < 4.78 is 5.30. The fraction of sp³-hybridized carbons (Fsp3) is 0.400. The largest absolute Gasteiger partial charge is 0.433 e. The van der Waals surface area contributed by atoms with Crippen molar-refractivity contribution in [3.8, 4) is 0 Å². The molecule has 0 aliphatic heterocycles. The molecule has 0 radical (unpaired) electrons. The number of nitrogens with zero attached hydrogens (tertiary/aromatic N) is 3. The molecule has 0 unspecified atom stereocenters. The molecule has 18 heavy (non-hydrogen) atoms. The highest BCUT2D eigenvalue weighted by molar-refractivity contribution is 5.81. The molecule has 0 atom stereocenters. The van der Waals surface area contributed by atoms with Gasteiger partial charge in [-0.1, -0.05) is 0 Å². The molecule has 0 aromatic carbocycles. The van der Waals surface area contributed by atoms with E-state index in [2.05, 4.69) is 10.5 Å². The zero-order valence-electron chi connectivity index (χ0n) is 10.4. The number of hydrogen-bond donors (Lipinski definition) is 1. The SMILES string of the molecule is C[N+](C)(C)CC(=O)NN=Cc1ccc([N+](=O)[O-])o1. The summed E-state index contributed by atoms with van der Waals surface area (Å²) in [5.74, 6) is -0.416. The van der Waals surface area contributed by atoms with Gasteiger partial charge in [0.2, 0.25) is 0 Å². The van der Waals surface area contributed by atoms with Crippen LogP contribution < -0.4 is 5.43 Å². The van der Waals surface area contributed by atoms with Crippen molar-refractivity contribution >= 4 is 18.0 Å². The van der Waals surface area contributed by atoms with Gasteiger partial charge in [-0.05, 0) is 6.07 Å². The molecule has 0 saturated carbocycles. The van der Waals surface area contributed by atoms with Crippen LogP contribution in [0.2, 0.25) is 0 Å². The Morgan fingerprint density at radius 2 is 2.22 bits per heavy atom. The molecule has 1 heterocycles. The molecule has 0 bridgehead atoms. The van der Waals surface area contributed by atoms with E-state index in [4.69, 9.17) is 4.42 Å². The molecule has 1 N–H and O–H groups in total. The van der Waals surface area contributed by atoms with Gasteiger partial charge in [-0.2, -0.15) is 5.10 Å². The number of hydrazone groups is 1. The van der Waals surface area contributed by atoms with Crippen LogP contribution in [0, 0.1) is 10.1 Å². The molecule has 8 heteroatoms. The average Bonchev–Trinajstić information content (AvgIpc) is 2.63. The average molecular weight is 255 g/mol. The maximum absolute atomic E-state index is 11.4. The second kappa shape index (κ2) is 5.41. The molecule has 8 nitrogen and oxygen atoms in total. The van der Waals surface area contributed by atoms with Crippen LogP contribution in [0.25, 0.3) is 0 Å². The molecule has 0 fully saturated rings. The van der Waals surface area contributed by atoms with Gasteiger partial charge in [0.05, 0.1) is 33.4 Å². The van der Waals surface area contributed by atoms with E-state index in [9.17, 15) is 14.9 Å². The summed E-state index contributed by atoms with van der Waals surface area (Å²) in [5.41, 5.74) is 2.31. The van der Waals surface area contributed by atoms with E-state index in [1.165, 1.54) is 18.3 Å². The van der Waals surface area contributed by atoms with Gasteiger partial charge in [-0.3, -0.25) is 14.9 Å². The number of likely N-dealkylation sites (N-methyl/N-ethyl adjacent to an activating group) is 1. The number of quaternary nitrogens is 1. The third kappa shape index (κ3) is 4.74. The first-order valence-corrected chi connectivity index (χ1v) is 5.14. The van der Waals surface area contributed by atoms with Crippen molar-refractivity contribution in [2.75, 3.05) is 27.7 Å². The fourth-order valence-corrected chi connectivity index (χ4v) is 1.14. The Kier molecular flexibility index (Phi) is 4.16. The number of furan rings is 1. The molecule has 0 saturated heterocycles. The topological polar surface area (TPSA) is 97.7 Å². The normalized spacial score (nSPS) is 11.7. The smallest absolute Gasteiger partial charge is 0.400 e. The summed E-state index contributed by atoms with van der Waals surface area (Å²) in [5, 5.41) is 14.0. The minimum Gasteiger partial charge on any atom is -0.400 e. The minimum absolute atomic E-state index is 0.201. The van der Waals surface area contributed by atoms with E-state index in [0.717, 1.165) is 0 Å². The number of rotatable bonds is 5. The van der Waals surface area contributed by atoms with Gasteiger partial charge in [0.15, 0.2) is 12.3 Å². The first-order valence-electron chi connectivity index (χ1n) is 5.14. The molecule has 1 amide bonds. The second-order valence-corrected chi connectivity index (χ2v) is 4.67. The Bertz CT molecular complexity index is 472. The predicted molar refractivity (Wildman–Crippen MR) is 64.0 cm³/mol. The van der Waals surface area contributed by atoms with Gasteiger partial charge in [0, 0.05) is 0 Å². The molecular weight excluding hydrogens is 240 g/mol. The van der Waals surface area contributed by atoms with Crippen LogP contribution in [0.5, 0.6) is 0 Å². The summed E-state index contributed by atoms with van der Waals surface area (Å²) in [6, 6.07) is 2.61. The van der Waals surface area contributed by atoms with E-state index >= 15 is 0 Å². The number of amides is 1. The maximum Gasteiger partial charge on any atom is 0.433 e. The van der Waals surface area contributed by atoms with Crippen LogP contribution in [-0.4, -0.2) is 49.2 Å². The van der Waals surface area contributed by atoms with Crippen molar-refractivity contribution < 1.29 is 18.6 Å². The summed E-state index contributed by atoms with van der Waals surface area (Å²) >= 11 is 0. The number of carbonyl (C=O) groups excluding carboxylic acids is 1. The Hall–Kier alpha value is -2.22. The van der Waals surface area contributed by atoms with Gasteiger partial charge in [0.25, 0.3) is 5.91 Å². The molecule has 1 rings (SSSR count).